The summed E-state index contributed by atoms with van der Waals surface area (Å²) < 4.78 is 10.1. The second kappa shape index (κ2) is 15.0. The molecule has 0 fully saturated rings. The number of unbranched alkanes of at least 4 members (excludes halogenated alkanes) is 4. The molecular weight excluding hydrogens is 304 g/mol. The van der Waals surface area contributed by atoms with E-state index in [9.17, 15) is 9.59 Å². The maximum absolute atomic E-state index is 11.6. The molecule has 0 aliphatic carbocycles. The molecule has 4 heteroatoms. The number of rotatable bonds is 13. The molecule has 4 nitrogen and oxygen atoms in total. The van der Waals surface area contributed by atoms with Gasteiger partial charge in [0.25, 0.3) is 0 Å². The van der Waals surface area contributed by atoms with Crippen LogP contribution >= 0.6 is 0 Å². The number of esters is 2. The molecule has 0 aliphatic rings. The van der Waals surface area contributed by atoms with Gasteiger partial charge in [0.2, 0.25) is 0 Å². The minimum absolute atomic E-state index is 0.0420. The summed E-state index contributed by atoms with van der Waals surface area (Å²) in [5.41, 5.74) is 2.09. The van der Waals surface area contributed by atoms with Gasteiger partial charge in [-0.25, -0.2) is 0 Å². The zero-order valence-electron chi connectivity index (χ0n) is 15.9. The van der Waals surface area contributed by atoms with Crippen LogP contribution in [0, 0.1) is 0 Å². The first-order valence-corrected chi connectivity index (χ1v) is 9.19. The summed E-state index contributed by atoms with van der Waals surface area (Å²) in [4.78, 5) is 23.2. The van der Waals surface area contributed by atoms with Gasteiger partial charge in [0.1, 0.15) is 0 Å². The molecule has 0 heterocycles. The van der Waals surface area contributed by atoms with Crippen molar-refractivity contribution in [2.45, 2.75) is 91.9 Å². The van der Waals surface area contributed by atoms with E-state index in [2.05, 4.69) is 13.8 Å². The molecule has 0 saturated carbocycles. The van der Waals surface area contributed by atoms with Gasteiger partial charge in [-0.15, -0.1) is 0 Å². The quantitative estimate of drug-likeness (QED) is 0.241. The predicted molar refractivity (Wildman–Crippen MR) is 97.2 cm³/mol. The summed E-state index contributed by atoms with van der Waals surface area (Å²) in [6.07, 6.45) is 11.9. The van der Waals surface area contributed by atoms with Crippen molar-refractivity contribution in [2.75, 3.05) is 0 Å². The largest absolute Gasteiger partial charge is 0.435 e. The van der Waals surface area contributed by atoms with E-state index >= 15 is 0 Å². The second-order valence-corrected chi connectivity index (χ2v) is 6.32. The zero-order valence-corrected chi connectivity index (χ0v) is 15.9. The van der Waals surface area contributed by atoms with Crippen LogP contribution in [0.2, 0.25) is 0 Å². The van der Waals surface area contributed by atoms with E-state index in [-0.39, 0.29) is 12.8 Å². The van der Waals surface area contributed by atoms with Crippen molar-refractivity contribution in [3.05, 3.63) is 23.7 Å². The standard InChI is InChI=1S/C20H34O4/c1-5-7-9-11-17(3)15-23-19(21)13-14-20(22)24-16-18(4)12-10-8-6-2/h15-16H,5-14H2,1-4H3. The molecule has 0 bridgehead atoms. The fourth-order valence-electron chi connectivity index (χ4n) is 2.08. The highest BCUT2D eigenvalue weighted by Crippen LogP contribution is 2.10. The number of carbonyl (C=O) groups is 2. The van der Waals surface area contributed by atoms with Crippen molar-refractivity contribution in [3.8, 4) is 0 Å². The van der Waals surface area contributed by atoms with Crippen LogP contribution in [0.1, 0.15) is 91.9 Å². The Hall–Kier alpha value is -1.58. The van der Waals surface area contributed by atoms with Gasteiger partial charge < -0.3 is 9.47 Å². The molecule has 0 aliphatic heterocycles. The topological polar surface area (TPSA) is 52.6 Å². The van der Waals surface area contributed by atoms with Crippen molar-refractivity contribution in [1.82, 2.24) is 0 Å². The lowest BCUT2D eigenvalue weighted by Gasteiger charge is -2.03. The SMILES string of the molecule is CCCCCC(C)=COC(=O)CCC(=O)OC=C(C)CCCCC. The summed E-state index contributed by atoms with van der Waals surface area (Å²) in [6.45, 7) is 8.20. The highest BCUT2D eigenvalue weighted by molar-refractivity contribution is 5.78. The van der Waals surface area contributed by atoms with Gasteiger partial charge >= 0.3 is 11.9 Å². The fraction of sp³-hybridized carbons (Fsp3) is 0.700. The Balaban J connectivity index is 3.90. The Morgan fingerprint density at radius 2 is 1.04 bits per heavy atom. The lowest BCUT2D eigenvalue weighted by molar-refractivity contribution is -0.144. The van der Waals surface area contributed by atoms with Gasteiger partial charge in [-0.3, -0.25) is 9.59 Å². The van der Waals surface area contributed by atoms with Crippen LogP contribution in [0.5, 0.6) is 0 Å². The minimum Gasteiger partial charge on any atom is -0.435 e. The van der Waals surface area contributed by atoms with Crippen molar-refractivity contribution in [3.63, 3.8) is 0 Å². The van der Waals surface area contributed by atoms with E-state index in [1.807, 2.05) is 13.8 Å². The van der Waals surface area contributed by atoms with Crippen molar-refractivity contribution < 1.29 is 19.1 Å². The van der Waals surface area contributed by atoms with Gasteiger partial charge in [0.15, 0.2) is 0 Å². The third-order valence-corrected chi connectivity index (χ3v) is 3.67. The lowest BCUT2D eigenvalue weighted by atomic mass is 10.1. The van der Waals surface area contributed by atoms with Gasteiger partial charge in [0.05, 0.1) is 25.4 Å². The fourth-order valence-corrected chi connectivity index (χ4v) is 2.08. The molecule has 0 aromatic heterocycles. The van der Waals surface area contributed by atoms with E-state index in [0.717, 1.165) is 36.8 Å². The zero-order chi connectivity index (χ0) is 18.2. The minimum atomic E-state index is -0.398. The smallest absolute Gasteiger partial charge is 0.311 e. The van der Waals surface area contributed by atoms with Crippen LogP contribution in [0.4, 0.5) is 0 Å². The Morgan fingerprint density at radius 3 is 1.38 bits per heavy atom. The number of ether oxygens (including phenoxy) is 2. The first-order valence-electron chi connectivity index (χ1n) is 9.19. The molecular formula is C20H34O4. The Morgan fingerprint density at radius 1 is 0.667 bits per heavy atom. The molecule has 0 aromatic rings. The highest BCUT2D eigenvalue weighted by Gasteiger charge is 2.08. The number of carbonyl (C=O) groups excluding carboxylic acids is 2. The highest BCUT2D eigenvalue weighted by atomic mass is 16.5. The first-order chi connectivity index (χ1) is 11.5. The lowest BCUT2D eigenvalue weighted by Crippen LogP contribution is -2.06. The van der Waals surface area contributed by atoms with Crippen molar-refractivity contribution in [1.29, 1.82) is 0 Å². The average Bonchev–Trinajstić information content (AvgIpc) is 2.56. The van der Waals surface area contributed by atoms with Gasteiger partial charge in [0, 0.05) is 0 Å². The molecule has 0 saturated heterocycles. The molecule has 0 radical (unpaired) electrons. The molecule has 24 heavy (non-hydrogen) atoms. The number of hydrogen-bond donors (Lipinski definition) is 0. The van der Waals surface area contributed by atoms with Gasteiger partial charge in [-0.1, -0.05) is 39.5 Å². The molecule has 138 valence electrons. The summed E-state index contributed by atoms with van der Waals surface area (Å²) in [7, 11) is 0. The molecule has 0 unspecified atom stereocenters. The number of hydrogen-bond acceptors (Lipinski definition) is 4. The summed E-state index contributed by atoms with van der Waals surface area (Å²) in [6, 6.07) is 0. The molecule has 0 amide bonds. The van der Waals surface area contributed by atoms with Crippen molar-refractivity contribution in [2.24, 2.45) is 0 Å². The van der Waals surface area contributed by atoms with Crippen LogP contribution in [-0.2, 0) is 19.1 Å². The monoisotopic (exact) mass is 338 g/mol. The Kier molecular flexibility index (Phi) is 14.0. The van der Waals surface area contributed by atoms with Crippen LogP contribution < -0.4 is 0 Å². The molecule has 0 spiro atoms. The first kappa shape index (κ1) is 22.4. The van der Waals surface area contributed by atoms with Crippen LogP contribution in [-0.4, -0.2) is 11.9 Å². The Bertz CT molecular complexity index is 381. The van der Waals surface area contributed by atoms with Crippen LogP contribution in [0.3, 0.4) is 0 Å². The summed E-state index contributed by atoms with van der Waals surface area (Å²) >= 11 is 0. The van der Waals surface area contributed by atoms with Crippen LogP contribution in [0.25, 0.3) is 0 Å². The maximum Gasteiger partial charge on any atom is 0.311 e. The number of allylic oxidation sites excluding steroid dienone is 2. The second-order valence-electron chi connectivity index (χ2n) is 6.32. The third kappa shape index (κ3) is 14.0. The third-order valence-electron chi connectivity index (χ3n) is 3.67. The normalized spacial score (nSPS) is 12.2. The molecule has 0 N–H and O–H groups in total. The van der Waals surface area contributed by atoms with E-state index in [4.69, 9.17) is 9.47 Å². The molecule has 0 atom stereocenters. The molecule has 0 rings (SSSR count). The Labute approximate surface area is 147 Å². The summed E-state index contributed by atoms with van der Waals surface area (Å²) in [5, 5.41) is 0. The van der Waals surface area contributed by atoms with Gasteiger partial charge in [-0.05, 0) is 50.7 Å². The van der Waals surface area contributed by atoms with Crippen molar-refractivity contribution >= 4 is 11.9 Å². The van der Waals surface area contributed by atoms with Crippen LogP contribution in [0.15, 0.2) is 23.7 Å². The van der Waals surface area contributed by atoms with E-state index in [1.54, 1.807) is 0 Å². The van der Waals surface area contributed by atoms with E-state index < -0.39 is 11.9 Å². The summed E-state index contributed by atoms with van der Waals surface area (Å²) in [5.74, 6) is -0.795. The average molecular weight is 338 g/mol. The van der Waals surface area contributed by atoms with E-state index in [1.165, 1.54) is 38.2 Å². The van der Waals surface area contributed by atoms with Gasteiger partial charge in [-0.2, -0.15) is 0 Å². The maximum atomic E-state index is 11.6. The predicted octanol–water partition coefficient (Wildman–Crippen LogP) is 5.82. The molecule has 0 aromatic carbocycles. The van der Waals surface area contributed by atoms with E-state index in [0.29, 0.717) is 0 Å².